The minimum atomic E-state index is -1.29. The average Bonchev–Trinajstić information content (AvgIpc) is 2.38. The molecule has 0 aliphatic carbocycles. The summed E-state index contributed by atoms with van der Waals surface area (Å²) in [6.07, 6.45) is 0. The van der Waals surface area contributed by atoms with Gasteiger partial charge in [0.25, 0.3) is 0 Å². The van der Waals surface area contributed by atoms with E-state index in [4.69, 9.17) is 0 Å². The zero-order valence-corrected chi connectivity index (χ0v) is 12.8. The number of rotatable bonds is 4. The van der Waals surface area contributed by atoms with Gasteiger partial charge in [0.15, 0.2) is 5.78 Å². The lowest BCUT2D eigenvalue weighted by molar-refractivity contribution is 0.102. The summed E-state index contributed by atoms with van der Waals surface area (Å²) in [7, 11) is -1.29. The van der Waals surface area contributed by atoms with Gasteiger partial charge in [-0.2, -0.15) is 0 Å². The van der Waals surface area contributed by atoms with E-state index in [1.54, 1.807) is 6.07 Å². The molecule has 2 rings (SSSR count). The number of carbonyl (C=O) groups is 1. The molecule has 0 bridgehead atoms. The van der Waals surface area contributed by atoms with E-state index < -0.39 is 10.8 Å². The van der Waals surface area contributed by atoms with Gasteiger partial charge < -0.3 is 0 Å². The second-order valence-corrected chi connectivity index (χ2v) is 6.42. The fourth-order valence-corrected chi connectivity index (χ4v) is 3.40. The highest BCUT2D eigenvalue weighted by atomic mass is 32.2. The van der Waals surface area contributed by atoms with Gasteiger partial charge >= 0.3 is 0 Å². The number of carbonyl (C=O) groups excluding carboxylic acids is 1. The highest BCUT2D eigenvalue weighted by molar-refractivity contribution is 7.85. The van der Waals surface area contributed by atoms with E-state index in [0.717, 1.165) is 21.6 Å². The SMILES string of the molecule is Cc1ccc(S(=O)CC(=O)c2ccccc2C)c(C)c1. The van der Waals surface area contributed by atoms with E-state index in [1.807, 2.05) is 57.2 Å². The lowest BCUT2D eigenvalue weighted by Crippen LogP contribution is -2.13. The predicted molar refractivity (Wildman–Crippen MR) is 82.7 cm³/mol. The Morgan fingerprint density at radius 2 is 1.70 bits per heavy atom. The summed E-state index contributed by atoms with van der Waals surface area (Å²) >= 11 is 0. The van der Waals surface area contributed by atoms with Crippen molar-refractivity contribution in [1.82, 2.24) is 0 Å². The van der Waals surface area contributed by atoms with Crippen LogP contribution in [0.5, 0.6) is 0 Å². The molecule has 0 N–H and O–H groups in total. The summed E-state index contributed by atoms with van der Waals surface area (Å²) < 4.78 is 12.4. The first-order chi connectivity index (χ1) is 9.49. The average molecular weight is 286 g/mol. The van der Waals surface area contributed by atoms with E-state index >= 15 is 0 Å². The van der Waals surface area contributed by atoms with Crippen molar-refractivity contribution in [2.75, 3.05) is 5.75 Å². The molecule has 0 amide bonds. The molecule has 0 spiro atoms. The third-order valence-electron chi connectivity index (χ3n) is 3.28. The van der Waals surface area contributed by atoms with Gasteiger partial charge in [-0.1, -0.05) is 42.0 Å². The van der Waals surface area contributed by atoms with Crippen molar-refractivity contribution in [1.29, 1.82) is 0 Å². The monoisotopic (exact) mass is 286 g/mol. The first-order valence-electron chi connectivity index (χ1n) is 6.53. The maximum absolute atomic E-state index is 12.4. The molecule has 104 valence electrons. The zero-order chi connectivity index (χ0) is 14.7. The fourth-order valence-electron chi connectivity index (χ4n) is 2.22. The zero-order valence-electron chi connectivity index (χ0n) is 12.0. The van der Waals surface area contributed by atoms with Crippen molar-refractivity contribution < 1.29 is 9.00 Å². The summed E-state index contributed by atoms with van der Waals surface area (Å²) in [4.78, 5) is 13.0. The Morgan fingerprint density at radius 3 is 2.35 bits per heavy atom. The molecular formula is C17H18O2S. The summed E-state index contributed by atoms with van der Waals surface area (Å²) in [5.41, 5.74) is 3.69. The van der Waals surface area contributed by atoms with Gasteiger partial charge in [-0.15, -0.1) is 0 Å². The van der Waals surface area contributed by atoms with Crippen LogP contribution in [-0.2, 0) is 10.8 Å². The number of aryl methyl sites for hydroxylation is 3. The Labute approximate surface area is 122 Å². The predicted octanol–water partition coefficient (Wildman–Crippen LogP) is 3.60. The third kappa shape index (κ3) is 3.23. The first kappa shape index (κ1) is 14.7. The normalized spacial score (nSPS) is 12.2. The summed E-state index contributed by atoms with van der Waals surface area (Å²) in [5, 5.41) is 0. The van der Waals surface area contributed by atoms with Crippen molar-refractivity contribution in [3.05, 3.63) is 64.7 Å². The van der Waals surface area contributed by atoms with Crippen molar-refractivity contribution in [2.24, 2.45) is 0 Å². The molecule has 2 nitrogen and oxygen atoms in total. The Bertz CT molecular complexity index is 674. The van der Waals surface area contributed by atoms with Crippen molar-refractivity contribution in [3.8, 4) is 0 Å². The summed E-state index contributed by atoms with van der Waals surface area (Å²) in [6, 6.07) is 13.2. The van der Waals surface area contributed by atoms with Crippen molar-refractivity contribution in [2.45, 2.75) is 25.7 Å². The van der Waals surface area contributed by atoms with Crippen molar-refractivity contribution >= 4 is 16.6 Å². The van der Waals surface area contributed by atoms with Crippen LogP contribution in [-0.4, -0.2) is 15.7 Å². The second-order valence-electron chi connectivity index (χ2n) is 5.00. The smallest absolute Gasteiger partial charge is 0.175 e. The largest absolute Gasteiger partial charge is 0.293 e. The van der Waals surface area contributed by atoms with Crippen LogP contribution in [0.4, 0.5) is 0 Å². The third-order valence-corrected chi connectivity index (χ3v) is 4.76. The minimum Gasteiger partial charge on any atom is -0.293 e. The highest BCUT2D eigenvalue weighted by Gasteiger charge is 2.15. The molecule has 0 saturated heterocycles. The standard InChI is InChI=1S/C17H18O2S/c1-12-8-9-17(14(3)10-12)20(19)11-16(18)15-7-5-4-6-13(15)2/h4-10H,11H2,1-3H3. The molecule has 0 aromatic heterocycles. The number of Topliss-reactive ketones (excluding diaryl/α,β-unsaturated/α-hetero) is 1. The van der Waals surface area contributed by atoms with Crippen LogP contribution >= 0.6 is 0 Å². The van der Waals surface area contributed by atoms with Gasteiger partial charge in [0.1, 0.15) is 0 Å². The van der Waals surface area contributed by atoms with E-state index in [2.05, 4.69) is 0 Å². The quantitative estimate of drug-likeness (QED) is 0.805. The summed E-state index contributed by atoms with van der Waals surface area (Å²) in [6.45, 7) is 5.82. The maximum atomic E-state index is 12.4. The Hall–Kier alpha value is -1.74. The number of hydrogen-bond donors (Lipinski definition) is 0. The van der Waals surface area contributed by atoms with Crippen LogP contribution in [0, 0.1) is 20.8 Å². The second kappa shape index (κ2) is 6.14. The first-order valence-corrected chi connectivity index (χ1v) is 7.85. The van der Waals surface area contributed by atoms with Crippen LogP contribution in [0.3, 0.4) is 0 Å². The fraction of sp³-hybridized carbons (Fsp3) is 0.235. The van der Waals surface area contributed by atoms with E-state index in [0.29, 0.717) is 5.56 Å². The molecule has 1 unspecified atom stereocenters. The lowest BCUT2D eigenvalue weighted by atomic mass is 10.1. The van der Waals surface area contributed by atoms with Gasteiger partial charge in [-0.3, -0.25) is 9.00 Å². The topological polar surface area (TPSA) is 34.1 Å². The molecule has 3 heteroatoms. The van der Waals surface area contributed by atoms with Gasteiger partial charge in [0.2, 0.25) is 0 Å². The van der Waals surface area contributed by atoms with E-state index in [9.17, 15) is 9.00 Å². The lowest BCUT2D eigenvalue weighted by Gasteiger charge is -2.08. The molecule has 20 heavy (non-hydrogen) atoms. The van der Waals surface area contributed by atoms with Gasteiger partial charge in [-0.05, 0) is 38.0 Å². The maximum Gasteiger partial charge on any atom is 0.175 e. The number of ketones is 1. The van der Waals surface area contributed by atoms with E-state index in [-0.39, 0.29) is 11.5 Å². The van der Waals surface area contributed by atoms with Gasteiger partial charge in [0, 0.05) is 10.5 Å². The highest BCUT2D eigenvalue weighted by Crippen LogP contribution is 2.17. The molecule has 0 fully saturated rings. The van der Waals surface area contributed by atoms with Gasteiger partial charge in [-0.25, -0.2) is 0 Å². The van der Waals surface area contributed by atoms with Crippen molar-refractivity contribution in [3.63, 3.8) is 0 Å². The Morgan fingerprint density at radius 1 is 1.00 bits per heavy atom. The Kier molecular flexibility index (Phi) is 4.50. The number of hydrogen-bond acceptors (Lipinski definition) is 2. The molecule has 2 aromatic rings. The molecule has 0 saturated carbocycles. The number of benzene rings is 2. The van der Waals surface area contributed by atoms with Crippen LogP contribution in [0.25, 0.3) is 0 Å². The van der Waals surface area contributed by atoms with Crippen LogP contribution in [0.2, 0.25) is 0 Å². The van der Waals surface area contributed by atoms with Crippen LogP contribution in [0.1, 0.15) is 27.0 Å². The van der Waals surface area contributed by atoms with Crippen LogP contribution < -0.4 is 0 Å². The molecule has 0 radical (unpaired) electrons. The molecule has 0 aliphatic rings. The minimum absolute atomic E-state index is 0.0365. The van der Waals surface area contributed by atoms with E-state index in [1.165, 1.54) is 0 Å². The Balaban J connectivity index is 2.20. The molecule has 2 aromatic carbocycles. The molecule has 1 atom stereocenters. The molecular weight excluding hydrogens is 268 g/mol. The molecule has 0 heterocycles. The summed E-state index contributed by atoms with van der Waals surface area (Å²) in [5.74, 6) is -0.0317. The van der Waals surface area contributed by atoms with Crippen LogP contribution in [0.15, 0.2) is 47.4 Å². The molecule has 0 aliphatic heterocycles. The van der Waals surface area contributed by atoms with Gasteiger partial charge in [0.05, 0.1) is 16.6 Å².